The van der Waals surface area contributed by atoms with Crippen molar-refractivity contribution in [2.45, 2.75) is 38.3 Å². The quantitative estimate of drug-likeness (QED) is 0.509. The van der Waals surface area contributed by atoms with Gasteiger partial charge < -0.3 is 19.9 Å². The standard InChI is InChI=1S/C27H27NO5/c1-17(2)33-25-14-8-3-9-18(25)15-24(26(29)30)28-27(31)32-16-23-21-12-6-4-10-19(21)20-11-5-7-13-22(20)23/h3-14,17,23-24H,15-16H2,1-2H3,(H,28,31)(H,29,30)/t24-/m1/s1. The van der Waals surface area contributed by atoms with Gasteiger partial charge in [-0.25, -0.2) is 9.59 Å². The number of para-hydroxylation sites is 1. The Morgan fingerprint density at radius 1 is 0.909 bits per heavy atom. The highest BCUT2D eigenvalue weighted by Crippen LogP contribution is 2.44. The van der Waals surface area contributed by atoms with Gasteiger partial charge in [-0.2, -0.15) is 0 Å². The van der Waals surface area contributed by atoms with Crippen LogP contribution >= 0.6 is 0 Å². The Balaban J connectivity index is 1.43. The minimum Gasteiger partial charge on any atom is -0.491 e. The molecule has 3 aromatic carbocycles. The third kappa shape index (κ3) is 5.00. The number of amides is 1. The fraction of sp³-hybridized carbons (Fsp3) is 0.259. The van der Waals surface area contributed by atoms with Crippen LogP contribution in [-0.2, 0) is 16.0 Å². The number of hydrogen-bond donors (Lipinski definition) is 2. The number of alkyl carbamates (subject to hydrolysis) is 1. The van der Waals surface area contributed by atoms with Gasteiger partial charge in [0.25, 0.3) is 0 Å². The number of carbonyl (C=O) groups is 2. The molecule has 0 bridgehead atoms. The van der Waals surface area contributed by atoms with Crippen molar-refractivity contribution in [3.8, 4) is 16.9 Å². The molecule has 0 aliphatic heterocycles. The molecule has 1 amide bonds. The first-order valence-corrected chi connectivity index (χ1v) is 11.0. The zero-order valence-electron chi connectivity index (χ0n) is 18.7. The Kier molecular flexibility index (Phi) is 6.63. The Morgan fingerprint density at radius 3 is 2.09 bits per heavy atom. The lowest BCUT2D eigenvalue weighted by Crippen LogP contribution is -2.43. The summed E-state index contributed by atoms with van der Waals surface area (Å²) in [5.41, 5.74) is 5.17. The van der Waals surface area contributed by atoms with Gasteiger partial charge in [0, 0.05) is 12.3 Å². The predicted molar refractivity (Wildman–Crippen MR) is 126 cm³/mol. The molecule has 0 spiro atoms. The third-order valence-corrected chi connectivity index (χ3v) is 5.69. The minimum absolute atomic E-state index is 0.0514. The average Bonchev–Trinajstić information content (AvgIpc) is 3.12. The number of aliphatic carboxylic acids is 1. The highest BCUT2D eigenvalue weighted by atomic mass is 16.5. The smallest absolute Gasteiger partial charge is 0.407 e. The second-order valence-electron chi connectivity index (χ2n) is 8.34. The number of nitrogens with one attached hydrogen (secondary N) is 1. The molecule has 2 N–H and O–H groups in total. The van der Waals surface area contributed by atoms with Crippen LogP contribution in [0.2, 0.25) is 0 Å². The summed E-state index contributed by atoms with van der Waals surface area (Å²) in [5, 5.41) is 12.2. The molecular weight excluding hydrogens is 418 g/mol. The fourth-order valence-corrected chi connectivity index (χ4v) is 4.24. The van der Waals surface area contributed by atoms with Crippen LogP contribution in [0, 0.1) is 0 Å². The second-order valence-corrected chi connectivity index (χ2v) is 8.34. The largest absolute Gasteiger partial charge is 0.491 e. The van der Waals surface area contributed by atoms with Crippen molar-refractivity contribution in [3.63, 3.8) is 0 Å². The first kappa shape index (κ1) is 22.4. The van der Waals surface area contributed by atoms with Crippen LogP contribution in [0.4, 0.5) is 4.79 Å². The Morgan fingerprint density at radius 2 is 1.48 bits per heavy atom. The number of ether oxygens (including phenoxy) is 2. The van der Waals surface area contributed by atoms with Gasteiger partial charge in [-0.05, 0) is 47.7 Å². The van der Waals surface area contributed by atoms with Crippen LogP contribution < -0.4 is 10.1 Å². The van der Waals surface area contributed by atoms with Crippen LogP contribution in [0.5, 0.6) is 5.75 Å². The highest BCUT2D eigenvalue weighted by Gasteiger charge is 2.30. The van der Waals surface area contributed by atoms with E-state index in [1.165, 1.54) is 0 Å². The Labute approximate surface area is 193 Å². The Bertz CT molecular complexity index is 1110. The van der Waals surface area contributed by atoms with E-state index < -0.39 is 18.1 Å². The lowest BCUT2D eigenvalue weighted by atomic mass is 9.98. The van der Waals surface area contributed by atoms with Crippen LogP contribution in [0.1, 0.15) is 36.5 Å². The molecule has 6 nitrogen and oxygen atoms in total. The zero-order chi connectivity index (χ0) is 23.4. The molecule has 1 aliphatic rings. The van der Waals surface area contributed by atoms with E-state index in [4.69, 9.17) is 9.47 Å². The van der Waals surface area contributed by atoms with Gasteiger partial charge in [0.2, 0.25) is 0 Å². The molecule has 0 unspecified atom stereocenters. The van der Waals surface area contributed by atoms with Gasteiger partial charge in [-0.1, -0.05) is 66.7 Å². The van der Waals surface area contributed by atoms with E-state index in [0.29, 0.717) is 11.3 Å². The van der Waals surface area contributed by atoms with Crippen molar-refractivity contribution in [2.75, 3.05) is 6.61 Å². The summed E-state index contributed by atoms with van der Waals surface area (Å²) in [7, 11) is 0. The third-order valence-electron chi connectivity index (χ3n) is 5.69. The molecule has 0 radical (unpaired) electrons. The average molecular weight is 446 g/mol. The summed E-state index contributed by atoms with van der Waals surface area (Å²) < 4.78 is 11.3. The number of fused-ring (bicyclic) bond motifs is 3. The van der Waals surface area contributed by atoms with Crippen molar-refractivity contribution in [1.82, 2.24) is 5.32 Å². The molecule has 6 heteroatoms. The van der Waals surface area contributed by atoms with Gasteiger partial charge in [0.15, 0.2) is 0 Å². The second kappa shape index (κ2) is 9.77. The fourth-order valence-electron chi connectivity index (χ4n) is 4.24. The molecule has 1 atom stereocenters. The molecule has 33 heavy (non-hydrogen) atoms. The van der Waals surface area contributed by atoms with E-state index in [1.807, 2.05) is 62.4 Å². The predicted octanol–water partition coefficient (Wildman–Crippen LogP) is 5.01. The van der Waals surface area contributed by atoms with Crippen LogP contribution in [0.15, 0.2) is 72.8 Å². The maximum atomic E-state index is 12.6. The van der Waals surface area contributed by atoms with Gasteiger partial charge in [-0.15, -0.1) is 0 Å². The van der Waals surface area contributed by atoms with E-state index in [9.17, 15) is 14.7 Å². The molecule has 170 valence electrons. The van der Waals surface area contributed by atoms with E-state index in [0.717, 1.165) is 22.3 Å². The van der Waals surface area contributed by atoms with Crippen LogP contribution in [-0.4, -0.2) is 35.9 Å². The van der Waals surface area contributed by atoms with E-state index >= 15 is 0 Å². The number of hydrogen-bond acceptors (Lipinski definition) is 4. The van der Waals surface area contributed by atoms with Gasteiger partial charge in [0.1, 0.15) is 18.4 Å². The molecular formula is C27H27NO5. The maximum absolute atomic E-state index is 12.6. The summed E-state index contributed by atoms with van der Waals surface area (Å²) in [5.74, 6) is -0.623. The summed E-state index contributed by atoms with van der Waals surface area (Å²) in [6.07, 6.45) is -0.723. The molecule has 0 heterocycles. The summed E-state index contributed by atoms with van der Waals surface area (Å²) in [6.45, 7) is 3.93. The van der Waals surface area contributed by atoms with Crippen molar-refractivity contribution in [2.24, 2.45) is 0 Å². The molecule has 0 saturated carbocycles. The number of rotatable bonds is 8. The number of carboxylic acids is 1. The van der Waals surface area contributed by atoms with Gasteiger partial charge in [-0.3, -0.25) is 0 Å². The lowest BCUT2D eigenvalue weighted by Gasteiger charge is -2.19. The van der Waals surface area contributed by atoms with Crippen LogP contribution in [0.25, 0.3) is 11.1 Å². The lowest BCUT2D eigenvalue weighted by molar-refractivity contribution is -0.139. The summed E-state index contributed by atoms with van der Waals surface area (Å²) >= 11 is 0. The molecule has 3 aromatic rings. The molecule has 0 saturated heterocycles. The van der Waals surface area contributed by atoms with E-state index in [1.54, 1.807) is 12.1 Å². The first-order chi connectivity index (χ1) is 15.9. The summed E-state index contributed by atoms with van der Waals surface area (Å²) in [4.78, 5) is 24.4. The number of carbonyl (C=O) groups excluding carboxylic acids is 1. The SMILES string of the molecule is CC(C)Oc1ccccc1C[C@@H](NC(=O)OCC1c2ccccc2-c2ccccc21)C(=O)O. The van der Waals surface area contributed by atoms with Crippen molar-refractivity contribution in [3.05, 3.63) is 89.5 Å². The van der Waals surface area contributed by atoms with Crippen molar-refractivity contribution in [1.29, 1.82) is 0 Å². The van der Waals surface area contributed by atoms with Crippen molar-refractivity contribution >= 4 is 12.1 Å². The normalized spacial score (nSPS) is 13.2. The van der Waals surface area contributed by atoms with E-state index in [-0.39, 0.29) is 25.0 Å². The van der Waals surface area contributed by atoms with Gasteiger partial charge >= 0.3 is 12.1 Å². The molecule has 1 aliphatic carbocycles. The summed E-state index contributed by atoms with van der Waals surface area (Å²) in [6, 6.07) is 22.2. The molecule has 4 rings (SSSR count). The topological polar surface area (TPSA) is 84.9 Å². The minimum atomic E-state index is -1.14. The Hall–Kier alpha value is -3.80. The monoisotopic (exact) mass is 445 g/mol. The number of benzene rings is 3. The highest BCUT2D eigenvalue weighted by molar-refractivity contribution is 5.81. The van der Waals surface area contributed by atoms with E-state index in [2.05, 4.69) is 17.4 Å². The van der Waals surface area contributed by atoms with Crippen molar-refractivity contribution < 1.29 is 24.2 Å². The van der Waals surface area contributed by atoms with Crippen LogP contribution in [0.3, 0.4) is 0 Å². The zero-order valence-corrected chi connectivity index (χ0v) is 18.7. The number of carboxylic acid groups (broad SMARTS) is 1. The maximum Gasteiger partial charge on any atom is 0.407 e. The molecule has 0 fully saturated rings. The van der Waals surface area contributed by atoms with Gasteiger partial charge in [0.05, 0.1) is 6.10 Å². The first-order valence-electron chi connectivity index (χ1n) is 11.0. The molecule has 0 aromatic heterocycles.